The summed E-state index contributed by atoms with van der Waals surface area (Å²) < 4.78 is 12.6. The Labute approximate surface area is 215 Å². The van der Waals surface area contributed by atoms with Crippen LogP contribution < -0.4 is 14.8 Å². The molecule has 1 aromatic heterocycles. The zero-order valence-electron chi connectivity index (χ0n) is 20.8. The predicted octanol–water partition coefficient (Wildman–Crippen LogP) is 4.80. The van der Waals surface area contributed by atoms with E-state index in [1.54, 1.807) is 41.9 Å². The van der Waals surface area contributed by atoms with E-state index in [4.69, 9.17) is 14.5 Å². The Morgan fingerprint density at radius 2 is 1.62 bits per heavy atom. The molecule has 0 spiro atoms. The van der Waals surface area contributed by atoms with Crippen LogP contribution in [0, 0.1) is 0 Å². The van der Waals surface area contributed by atoms with E-state index in [-0.39, 0.29) is 24.4 Å². The molecule has 37 heavy (non-hydrogen) atoms. The molecule has 4 aromatic rings. The van der Waals surface area contributed by atoms with Crippen LogP contribution in [0.4, 0.5) is 5.95 Å². The highest BCUT2D eigenvalue weighted by molar-refractivity contribution is 5.99. The van der Waals surface area contributed by atoms with Gasteiger partial charge in [-0.2, -0.15) is 0 Å². The third-order valence-electron chi connectivity index (χ3n) is 6.26. The van der Waals surface area contributed by atoms with E-state index in [2.05, 4.69) is 5.32 Å². The van der Waals surface area contributed by atoms with Crippen LogP contribution in [0.15, 0.2) is 85.1 Å². The number of rotatable bonds is 9. The number of amides is 2. The van der Waals surface area contributed by atoms with Crippen LogP contribution in [0.5, 0.6) is 11.5 Å². The Hall–Kier alpha value is -4.59. The SMILES string of the molecule is COc1ccc(-n2cc(-c3ccccc3)nc2NC(=O)CN(C(=O)c2ccccc2)C2CC2)cc1OC. The maximum atomic E-state index is 13.2. The van der Waals surface area contributed by atoms with E-state index in [1.165, 1.54) is 0 Å². The van der Waals surface area contributed by atoms with Gasteiger partial charge in [-0.3, -0.25) is 19.5 Å². The summed E-state index contributed by atoms with van der Waals surface area (Å²) in [7, 11) is 3.15. The van der Waals surface area contributed by atoms with Crippen LogP contribution in [0.25, 0.3) is 16.9 Å². The molecule has 8 heteroatoms. The first-order chi connectivity index (χ1) is 18.1. The highest BCUT2D eigenvalue weighted by Crippen LogP contribution is 2.32. The number of hydrogen-bond donors (Lipinski definition) is 1. The first-order valence-corrected chi connectivity index (χ1v) is 12.1. The lowest BCUT2D eigenvalue weighted by molar-refractivity contribution is -0.117. The number of nitrogens with zero attached hydrogens (tertiary/aromatic N) is 3. The van der Waals surface area contributed by atoms with Gasteiger partial charge in [0.05, 0.1) is 25.6 Å². The van der Waals surface area contributed by atoms with Crippen molar-refractivity contribution in [2.45, 2.75) is 18.9 Å². The second kappa shape index (κ2) is 10.6. The number of carbonyl (C=O) groups is 2. The van der Waals surface area contributed by atoms with E-state index >= 15 is 0 Å². The van der Waals surface area contributed by atoms with Gasteiger partial charge in [0.15, 0.2) is 11.5 Å². The quantitative estimate of drug-likeness (QED) is 0.360. The Kier molecular flexibility index (Phi) is 6.89. The minimum atomic E-state index is -0.317. The molecule has 1 heterocycles. The number of hydrogen-bond acceptors (Lipinski definition) is 5. The summed E-state index contributed by atoms with van der Waals surface area (Å²) in [5.41, 5.74) is 2.92. The van der Waals surface area contributed by atoms with Gasteiger partial charge in [0.1, 0.15) is 6.54 Å². The van der Waals surface area contributed by atoms with Crippen molar-refractivity contribution in [1.82, 2.24) is 14.5 Å². The molecule has 1 aliphatic rings. The Morgan fingerprint density at radius 3 is 2.27 bits per heavy atom. The van der Waals surface area contributed by atoms with Gasteiger partial charge in [-0.15, -0.1) is 0 Å². The van der Waals surface area contributed by atoms with Gasteiger partial charge in [0.2, 0.25) is 11.9 Å². The second-order valence-electron chi connectivity index (χ2n) is 8.80. The number of benzene rings is 3. The minimum absolute atomic E-state index is 0.0577. The molecule has 8 nitrogen and oxygen atoms in total. The molecule has 1 fully saturated rings. The number of aromatic nitrogens is 2. The van der Waals surface area contributed by atoms with Crippen molar-refractivity contribution >= 4 is 17.8 Å². The monoisotopic (exact) mass is 496 g/mol. The average Bonchev–Trinajstić information content (AvgIpc) is 3.71. The minimum Gasteiger partial charge on any atom is -0.493 e. The van der Waals surface area contributed by atoms with Crippen LogP contribution in [-0.4, -0.2) is 53.1 Å². The standard InChI is InChI=1S/C29H28N4O4/c1-36-25-16-15-23(17-26(25)37-2)33-18-24(20-9-5-3-6-10-20)30-29(33)31-27(34)19-32(22-13-14-22)28(35)21-11-7-4-8-12-21/h3-12,15-18,22H,13-14,19H2,1-2H3,(H,30,31,34). The Morgan fingerprint density at radius 1 is 0.946 bits per heavy atom. The van der Waals surface area contributed by atoms with Gasteiger partial charge in [-0.05, 0) is 37.1 Å². The molecule has 188 valence electrons. The second-order valence-corrected chi connectivity index (χ2v) is 8.80. The van der Waals surface area contributed by atoms with Gasteiger partial charge < -0.3 is 14.4 Å². The zero-order chi connectivity index (χ0) is 25.8. The van der Waals surface area contributed by atoms with Crippen molar-refractivity contribution in [1.29, 1.82) is 0 Å². The van der Waals surface area contributed by atoms with Gasteiger partial charge in [0, 0.05) is 29.4 Å². The number of carbonyl (C=O) groups excluding carboxylic acids is 2. The van der Waals surface area contributed by atoms with E-state index in [1.807, 2.05) is 66.9 Å². The maximum absolute atomic E-state index is 13.2. The van der Waals surface area contributed by atoms with Gasteiger partial charge in [0.25, 0.3) is 5.91 Å². The topological polar surface area (TPSA) is 85.7 Å². The van der Waals surface area contributed by atoms with Crippen molar-refractivity contribution in [2.75, 3.05) is 26.1 Å². The van der Waals surface area contributed by atoms with E-state index in [0.29, 0.717) is 28.7 Å². The summed E-state index contributed by atoms with van der Waals surface area (Å²) >= 11 is 0. The summed E-state index contributed by atoms with van der Waals surface area (Å²) in [6.45, 7) is -0.0577. The lowest BCUT2D eigenvalue weighted by Crippen LogP contribution is -2.39. The van der Waals surface area contributed by atoms with Crippen molar-refractivity contribution in [2.24, 2.45) is 0 Å². The lowest BCUT2D eigenvalue weighted by atomic mass is 10.2. The van der Waals surface area contributed by atoms with Gasteiger partial charge in [-0.1, -0.05) is 48.5 Å². The lowest BCUT2D eigenvalue weighted by Gasteiger charge is -2.22. The number of imidazole rings is 1. The summed E-state index contributed by atoms with van der Waals surface area (Å²) in [6.07, 6.45) is 3.65. The molecule has 0 atom stereocenters. The zero-order valence-corrected chi connectivity index (χ0v) is 20.8. The molecule has 3 aromatic carbocycles. The largest absolute Gasteiger partial charge is 0.493 e. The van der Waals surface area contributed by atoms with Gasteiger partial charge >= 0.3 is 0 Å². The summed E-state index contributed by atoms with van der Waals surface area (Å²) in [6, 6.07) is 24.3. The van der Waals surface area contributed by atoms with Crippen molar-refractivity contribution in [3.8, 4) is 28.4 Å². The van der Waals surface area contributed by atoms with Crippen LogP contribution in [0.2, 0.25) is 0 Å². The van der Waals surface area contributed by atoms with Crippen molar-refractivity contribution < 1.29 is 19.1 Å². The first kappa shape index (κ1) is 24.1. The van der Waals surface area contributed by atoms with Crippen LogP contribution in [-0.2, 0) is 4.79 Å². The summed E-state index contributed by atoms with van der Waals surface area (Å²) in [4.78, 5) is 32.7. The third-order valence-corrected chi connectivity index (χ3v) is 6.26. The van der Waals surface area contributed by atoms with Gasteiger partial charge in [-0.25, -0.2) is 4.98 Å². The highest BCUT2D eigenvalue weighted by atomic mass is 16.5. The number of ether oxygens (including phenoxy) is 2. The van der Waals surface area contributed by atoms with E-state index in [9.17, 15) is 9.59 Å². The van der Waals surface area contributed by atoms with Crippen molar-refractivity contribution in [3.05, 3.63) is 90.6 Å². The molecule has 0 unspecified atom stereocenters. The van der Waals surface area contributed by atoms with Crippen molar-refractivity contribution in [3.63, 3.8) is 0 Å². The molecular weight excluding hydrogens is 468 g/mol. The normalized spacial score (nSPS) is 12.6. The Balaban J connectivity index is 1.44. The highest BCUT2D eigenvalue weighted by Gasteiger charge is 2.34. The number of nitrogens with one attached hydrogen (secondary N) is 1. The molecule has 1 saturated carbocycles. The third kappa shape index (κ3) is 5.33. The molecule has 1 N–H and O–H groups in total. The summed E-state index contributed by atoms with van der Waals surface area (Å²) in [5, 5.41) is 2.93. The fourth-order valence-corrected chi connectivity index (χ4v) is 4.21. The molecular formula is C29H28N4O4. The average molecular weight is 497 g/mol. The smallest absolute Gasteiger partial charge is 0.254 e. The fraction of sp³-hybridized carbons (Fsp3) is 0.207. The van der Waals surface area contributed by atoms with Crippen LogP contribution >= 0.6 is 0 Å². The predicted molar refractivity (Wildman–Crippen MR) is 141 cm³/mol. The molecule has 0 radical (unpaired) electrons. The van der Waals surface area contributed by atoms with E-state index < -0.39 is 0 Å². The molecule has 5 rings (SSSR count). The fourth-order valence-electron chi connectivity index (χ4n) is 4.21. The van der Waals surface area contributed by atoms with E-state index in [0.717, 1.165) is 24.1 Å². The molecule has 0 aliphatic heterocycles. The molecule has 0 saturated heterocycles. The maximum Gasteiger partial charge on any atom is 0.254 e. The summed E-state index contributed by atoms with van der Waals surface area (Å²) in [5.74, 6) is 1.04. The van der Waals surface area contributed by atoms with Crippen LogP contribution in [0.1, 0.15) is 23.2 Å². The number of methoxy groups -OCH3 is 2. The molecule has 1 aliphatic carbocycles. The molecule has 2 amide bonds. The first-order valence-electron chi connectivity index (χ1n) is 12.1. The van der Waals surface area contributed by atoms with Crippen LogP contribution in [0.3, 0.4) is 0 Å². The Bertz CT molecular complexity index is 1400. The number of anilines is 1. The molecule has 0 bridgehead atoms.